The van der Waals surface area contributed by atoms with Crippen LogP contribution in [0.1, 0.15) is 4.88 Å². The fourth-order valence-corrected chi connectivity index (χ4v) is 4.31. The van der Waals surface area contributed by atoms with E-state index in [0.717, 1.165) is 8.66 Å². The first-order valence-electron chi connectivity index (χ1n) is 6.02. The fourth-order valence-electron chi connectivity index (χ4n) is 1.70. The SMILES string of the molecule is O=C1NC(=Nc2cccc(Cl)c2Cl)S/C1=C\c1ccc(Br)s1. The van der Waals surface area contributed by atoms with E-state index in [4.69, 9.17) is 23.2 Å². The summed E-state index contributed by atoms with van der Waals surface area (Å²) in [7, 11) is 0. The van der Waals surface area contributed by atoms with E-state index >= 15 is 0 Å². The lowest BCUT2D eigenvalue weighted by atomic mass is 10.3. The van der Waals surface area contributed by atoms with Crippen molar-refractivity contribution in [3.05, 3.63) is 53.9 Å². The molecule has 0 atom stereocenters. The maximum atomic E-state index is 12.0. The lowest BCUT2D eigenvalue weighted by Gasteiger charge is -2.00. The van der Waals surface area contributed by atoms with Crippen LogP contribution in [0.5, 0.6) is 0 Å². The van der Waals surface area contributed by atoms with Crippen molar-refractivity contribution in [2.45, 2.75) is 0 Å². The Morgan fingerprint density at radius 1 is 1.23 bits per heavy atom. The van der Waals surface area contributed by atoms with Gasteiger partial charge in [0.25, 0.3) is 5.91 Å². The Balaban J connectivity index is 1.87. The number of hydrogen-bond donors (Lipinski definition) is 1. The molecular weight excluding hydrogens is 427 g/mol. The molecule has 0 unspecified atom stereocenters. The van der Waals surface area contributed by atoms with Gasteiger partial charge in [0.05, 0.1) is 24.4 Å². The number of thioether (sulfide) groups is 1. The van der Waals surface area contributed by atoms with Crippen LogP contribution in [0.2, 0.25) is 10.0 Å². The number of nitrogens with zero attached hydrogens (tertiary/aromatic N) is 1. The largest absolute Gasteiger partial charge is 0.300 e. The number of amidine groups is 1. The van der Waals surface area contributed by atoms with Crippen molar-refractivity contribution >= 4 is 85.1 Å². The van der Waals surface area contributed by atoms with Crippen molar-refractivity contribution in [1.82, 2.24) is 5.32 Å². The van der Waals surface area contributed by atoms with E-state index in [2.05, 4.69) is 26.2 Å². The Labute approximate surface area is 153 Å². The predicted octanol–water partition coefficient (Wildman–Crippen LogP) is 5.71. The second-order valence-corrected chi connectivity index (χ2v) is 8.51. The van der Waals surface area contributed by atoms with Crippen LogP contribution < -0.4 is 5.32 Å². The summed E-state index contributed by atoms with van der Waals surface area (Å²) in [5.74, 6) is -0.175. The van der Waals surface area contributed by atoms with Gasteiger partial charge in [-0.05, 0) is 58.0 Å². The maximum Gasteiger partial charge on any atom is 0.264 e. The minimum atomic E-state index is -0.175. The minimum Gasteiger partial charge on any atom is -0.300 e. The summed E-state index contributed by atoms with van der Waals surface area (Å²) in [6.07, 6.45) is 1.83. The summed E-state index contributed by atoms with van der Waals surface area (Å²) in [6, 6.07) is 9.07. The molecule has 22 heavy (non-hydrogen) atoms. The quantitative estimate of drug-likeness (QED) is 0.616. The second kappa shape index (κ2) is 6.76. The molecule has 1 aromatic heterocycles. The zero-order valence-corrected chi connectivity index (χ0v) is 15.5. The van der Waals surface area contributed by atoms with Crippen LogP contribution in [0.4, 0.5) is 5.69 Å². The fraction of sp³-hybridized carbons (Fsp3) is 0. The molecule has 1 amide bonds. The van der Waals surface area contributed by atoms with Gasteiger partial charge in [-0.15, -0.1) is 11.3 Å². The Morgan fingerprint density at radius 3 is 2.77 bits per heavy atom. The standard InChI is InChI=1S/C14H7BrCl2N2OS2/c15-11-5-4-7(21-11)6-10-13(20)19-14(22-10)18-9-3-1-2-8(16)12(9)17/h1-6H,(H,18,19,20)/b10-6-. The molecule has 0 bridgehead atoms. The summed E-state index contributed by atoms with van der Waals surface area (Å²) in [5.41, 5.74) is 0.525. The molecule has 0 saturated carbocycles. The molecule has 1 aromatic carbocycles. The van der Waals surface area contributed by atoms with Crippen molar-refractivity contribution in [1.29, 1.82) is 0 Å². The van der Waals surface area contributed by atoms with Gasteiger partial charge in [0.15, 0.2) is 5.17 Å². The monoisotopic (exact) mass is 432 g/mol. The Kier molecular flexibility index (Phi) is 4.94. The molecular formula is C14H7BrCl2N2OS2. The van der Waals surface area contributed by atoms with Crippen LogP contribution in [0, 0.1) is 0 Å². The lowest BCUT2D eigenvalue weighted by Crippen LogP contribution is -2.19. The van der Waals surface area contributed by atoms with E-state index in [1.807, 2.05) is 18.2 Å². The topological polar surface area (TPSA) is 41.5 Å². The van der Waals surface area contributed by atoms with Crippen molar-refractivity contribution in [2.75, 3.05) is 0 Å². The summed E-state index contributed by atoms with van der Waals surface area (Å²) >= 11 is 18.3. The zero-order valence-electron chi connectivity index (χ0n) is 10.8. The van der Waals surface area contributed by atoms with Crippen molar-refractivity contribution in [2.24, 2.45) is 4.99 Å². The van der Waals surface area contributed by atoms with Crippen LogP contribution in [-0.4, -0.2) is 11.1 Å². The first-order chi connectivity index (χ1) is 10.5. The summed E-state index contributed by atoms with van der Waals surface area (Å²) in [5, 5.41) is 4.00. The van der Waals surface area contributed by atoms with Gasteiger partial charge in [-0.1, -0.05) is 29.3 Å². The number of thiophene rings is 1. The molecule has 2 heterocycles. The average Bonchev–Trinajstić information content (AvgIpc) is 3.02. The van der Waals surface area contributed by atoms with Gasteiger partial charge < -0.3 is 5.32 Å². The molecule has 1 aliphatic heterocycles. The molecule has 2 aromatic rings. The number of halogens is 3. The normalized spacial score (nSPS) is 18.2. The molecule has 1 aliphatic rings. The van der Waals surface area contributed by atoms with Crippen LogP contribution in [0.25, 0.3) is 6.08 Å². The van der Waals surface area contributed by atoms with Crippen molar-refractivity contribution in [3.8, 4) is 0 Å². The van der Waals surface area contributed by atoms with Gasteiger partial charge in [-0.2, -0.15) is 0 Å². The Bertz CT molecular complexity index is 817. The highest BCUT2D eigenvalue weighted by atomic mass is 79.9. The third kappa shape index (κ3) is 3.58. The first kappa shape index (κ1) is 16.1. The van der Waals surface area contributed by atoms with E-state index < -0.39 is 0 Å². The average molecular weight is 434 g/mol. The highest BCUT2D eigenvalue weighted by molar-refractivity contribution is 9.11. The van der Waals surface area contributed by atoms with Gasteiger partial charge in [-0.25, -0.2) is 4.99 Å². The Morgan fingerprint density at radius 2 is 2.05 bits per heavy atom. The molecule has 8 heteroatoms. The van der Waals surface area contributed by atoms with Crippen LogP contribution in [0.15, 0.2) is 44.0 Å². The summed E-state index contributed by atoms with van der Waals surface area (Å²) in [6.45, 7) is 0. The molecule has 3 rings (SSSR count). The molecule has 1 N–H and O–H groups in total. The van der Waals surface area contributed by atoms with Gasteiger partial charge in [-0.3, -0.25) is 4.79 Å². The van der Waals surface area contributed by atoms with E-state index in [9.17, 15) is 4.79 Å². The number of hydrogen-bond acceptors (Lipinski definition) is 4. The van der Waals surface area contributed by atoms with Crippen LogP contribution in [-0.2, 0) is 4.79 Å². The molecule has 0 aliphatic carbocycles. The van der Waals surface area contributed by atoms with Crippen LogP contribution in [0.3, 0.4) is 0 Å². The van der Waals surface area contributed by atoms with E-state index in [1.54, 1.807) is 29.5 Å². The van der Waals surface area contributed by atoms with Gasteiger partial charge in [0.1, 0.15) is 0 Å². The van der Waals surface area contributed by atoms with Gasteiger partial charge >= 0.3 is 0 Å². The third-order valence-electron chi connectivity index (χ3n) is 2.67. The number of carbonyl (C=O) groups excluding carboxylic acids is 1. The number of nitrogens with one attached hydrogen (secondary N) is 1. The smallest absolute Gasteiger partial charge is 0.264 e. The van der Waals surface area contributed by atoms with Crippen molar-refractivity contribution < 1.29 is 4.79 Å². The number of rotatable bonds is 2. The minimum absolute atomic E-state index is 0.175. The molecule has 1 saturated heterocycles. The van der Waals surface area contributed by atoms with Crippen molar-refractivity contribution in [3.63, 3.8) is 0 Å². The van der Waals surface area contributed by atoms with E-state index in [1.165, 1.54) is 11.8 Å². The molecule has 0 spiro atoms. The van der Waals surface area contributed by atoms with Gasteiger partial charge in [0.2, 0.25) is 0 Å². The highest BCUT2D eigenvalue weighted by Crippen LogP contribution is 2.35. The second-order valence-electron chi connectivity index (χ2n) is 4.20. The number of aliphatic imine (C=N–C) groups is 1. The molecule has 112 valence electrons. The molecule has 3 nitrogen and oxygen atoms in total. The summed E-state index contributed by atoms with van der Waals surface area (Å²) < 4.78 is 1.02. The molecule has 1 fully saturated rings. The van der Waals surface area contributed by atoms with Crippen LogP contribution >= 0.6 is 62.2 Å². The predicted molar refractivity (Wildman–Crippen MR) is 99.3 cm³/mol. The van der Waals surface area contributed by atoms with E-state index in [-0.39, 0.29) is 5.91 Å². The number of carbonyl (C=O) groups is 1. The lowest BCUT2D eigenvalue weighted by molar-refractivity contribution is -0.115. The highest BCUT2D eigenvalue weighted by Gasteiger charge is 2.24. The Hall–Kier alpha value is -0.790. The van der Waals surface area contributed by atoms with Gasteiger partial charge in [0, 0.05) is 4.88 Å². The zero-order chi connectivity index (χ0) is 15.7. The molecule has 0 radical (unpaired) electrons. The number of benzene rings is 1. The van der Waals surface area contributed by atoms with E-state index in [0.29, 0.717) is 25.8 Å². The first-order valence-corrected chi connectivity index (χ1v) is 9.20. The maximum absolute atomic E-state index is 12.0. The number of amides is 1. The summed E-state index contributed by atoms with van der Waals surface area (Å²) in [4.78, 5) is 17.9. The third-order valence-corrected chi connectivity index (χ3v) is 5.96.